The maximum Gasteiger partial charge on any atom is 0.140 e. The molecule has 3 aromatic carbocycles. The molecule has 0 heterocycles. The Hall–Kier alpha value is -2.62. The van der Waals surface area contributed by atoms with E-state index in [-0.39, 0.29) is 0 Å². The highest BCUT2D eigenvalue weighted by atomic mass is 16.3. The predicted octanol–water partition coefficient (Wildman–Crippen LogP) is 4.23. The standard InChI is InChI=1S/C24H29N2O/c1-25(2)22-15-11-20(12-16-22)24(27,19-9-7-6-8-10-19)21-13-17-23(18-14-21)26(3,4)5/h6-18,27H,1-5H3/q+1. The van der Waals surface area contributed by atoms with Crippen LogP contribution in [0.15, 0.2) is 78.9 Å². The zero-order valence-electron chi connectivity index (χ0n) is 16.8. The molecular weight excluding hydrogens is 332 g/mol. The van der Waals surface area contributed by atoms with E-state index in [1.165, 1.54) is 5.69 Å². The van der Waals surface area contributed by atoms with Crippen molar-refractivity contribution in [1.29, 1.82) is 0 Å². The molecule has 0 saturated carbocycles. The fraction of sp³-hybridized carbons (Fsp3) is 0.250. The van der Waals surface area contributed by atoms with Gasteiger partial charge >= 0.3 is 0 Å². The van der Waals surface area contributed by atoms with Gasteiger partial charge in [-0.3, -0.25) is 4.48 Å². The molecule has 0 aliphatic carbocycles. The summed E-state index contributed by atoms with van der Waals surface area (Å²) in [4.78, 5) is 2.06. The van der Waals surface area contributed by atoms with Crippen molar-refractivity contribution in [3.8, 4) is 0 Å². The zero-order chi connectivity index (χ0) is 19.7. The molecule has 0 amide bonds. The van der Waals surface area contributed by atoms with Crippen LogP contribution in [-0.4, -0.2) is 40.3 Å². The van der Waals surface area contributed by atoms with Crippen molar-refractivity contribution in [3.63, 3.8) is 0 Å². The van der Waals surface area contributed by atoms with E-state index < -0.39 is 5.60 Å². The van der Waals surface area contributed by atoms with Crippen LogP contribution >= 0.6 is 0 Å². The first kappa shape index (κ1) is 19.2. The fourth-order valence-corrected chi connectivity index (χ4v) is 3.33. The normalized spacial score (nSPS) is 13.9. The van der Waals surface area contributed by atoms with Gasteiger partial charge in [-0.2, -0.15) is 0 Å². The minimum atomic E-state index is -1.20. The van der Waals surface area contributed by atoms with Crippen LogP contribution in [0.3, 0.4) is 0 Å². The van der Waals surface area contributed by atoms with E-state index in [9.17, 15) is 5.11 Å². The molecule has 0 bridgehead atoms. The Labute approximate surface area is 162 Å². The summed E-state index contributed by atoms with van der Waals surface area (Å²) in [5, 5.41) is 11.9. The number of hydrogen-bond donors (Lipinski definition) is 1. The molecule has 0 aliphatic rings. The van der Waals surface area contributed by atoms with Crippen LogP contribution in [0.1, 0.15) is 16.7 Å². The molecule has 0 aliphatic heterocycles. The van der Waals surface area contributed by atoms with Crippen molar-refractivity contribution in [1.82, 2.24) is 4.48 Å². The second-order valence-electron chi connectivity index (χ2n) is 8.08. The van der Waals surface area contributed by atoms with E-state index in [1.807, 2.05) is 80.8 Å². The lowest BCUT2D eigenvalue weighted by molar-refractivity contribution is 0.125. The van der Waals surface area contributed by atoms with Gasteiger partial charge in [-0.15, -0.1) is 0 Å². The first-order valence-electron chi connectivity index (χ1n) is 9.21. The second-order valence-corrected chi connectivity index (χ2v) is 8.08. The quantitative estimate of drug-likeness (QED) is 0.543. The molecule has 27 heavy (non-hydrogen) atoms. The van der Waals surface area contributed by atoms with Crippen LogP contribution < -0.4 is 9.38 Å². The number of quaternary nitrogens is 1. The molecule has 3 rings (SSSR count). The lowest BCUT2D eigenvalue weighted by Crippen LogP contribution is -2.35. The van der Waals surface area contributed by atoms with E-state index in [0.29, 0.717) is 0 Å². The fourth-order valence-electron chi connectivity index (χ4n) is 3.33. The summed E-state index contributed by atoms with van der Waals surface area (Å²) >= 11 is 0. The molecule has 1 unspecified atom stereocenters. The van der Waals surface area contributed by atoms with Gasteiger partial charge < -0.3 is 10.0 Å². The molecule has 0 spiro atoms. The van der Waals surface area contributed by atoms with Crippen LogP contribution in [0.4, 0.5) is 11.4 Å². The van der Waals surface area contributed by atoms with Gasteiger partial charge in [0.1, 0.15) is 11.3 Å². The minimum absolute atomic E-state index is 0.738. The molecule has 3 aromatic rings. The van der Waals surface area contributed by atoms with Crippen LogP contribution in [0.25, 0.3) is 0 Å². The Morgan fingerprint density at radius 3 is 1.56 bits per heavy atom. The lowest BCUT2D eigenvalue weighted by atomic mass is 9.80. The van der Waals surface area contributed by atoms with Gasteiger partial charge in [-0.05, 0) is 53.1 Å². The van der Waals surface area contributed by atoms with Crippen molar-refractivity contribution >= 4 is 11.4 Å². The van der Waals surface area contributed by atoms with Crippen molar-refractivity contribution in [2.24, 2.45) is 0 Å². The Balaban J connectivity index is 2.14. The van der Waals surface area contributed by atoms with E-state index in [2.05, 4.69) is 38.2 Å². The average Bonchev–Trinajstić information content (AvgIpc) is 2.67. The maximum atomic E-state index is 11.9. The molecule has 3 heteroatoms. The molecule has 140 valence electrons. The average molecular weight is 362 g/mol. The van der Waals surface area contributed by atoms with Gasteiger partial charge in [-0.25, -0.2) is 0 Å². The number of nitrogens with zero attached hydrogens (tertiary/aromatic N) is 2. The van der Waals surface area contributed by atoms with Crippen LogP contribution in [0.2, 0.25) is 0 Å². The van der Waals surface area contributed by atoms with Gasteiger partial charge in [0, 0.05) is 19.8 Å². The van der Waals surface area contributed by atoms with Crippen LogP contribution in [0, 0.1) is 0 Å². The molecule has 0 fully saturated rings. The highest BCUT2D eigenvalue weighted by molar-refractivity contribution is 5.54. The molecule has 0 aromatic heterocycles. The number of anilines is 1. The van der Waals surface area contributed by atoms with Crippen molar-refractivity contribution in [2.45, 2.75) is 5.60 Å². The molecule has 0 radical (unpaired) electrons. The highest BCUT2D eigenvalue weighted by Crippen LogP contribution is 2.38. The third-order valence-corrected chi connectivity index (χ3v) is 5.05. The zero-order valence-corrected chi connectivity index (χ0v) is 16.8. The summed E-state index contributed by atoms with van der Waals surface area (Å²) in [5.41, 5.74) is 3.68. The summed E-state index contributed by atoms with van der Waals surface area (Å²) < 4.78 is 0.738. The van der Waals surface area contributed by atoms with Gasteiger partial charge in [0.25, 0.3) is 0 Å². The summed E-state index contributed by atoms with van der Waals surface area (Å²) in [6.07, 6.45) is 0. The van der Waals surface area contributed by atoms with E-state index >= 15 is 0 Å². The Morgan fingerprint density at radius 2 is 1.11 bits per heavy atom. The third kappa shape index (κ3) is 3.75. The second kappa shape index (κ2) is 7.18. The Morgan fingerprint density at radius 1 is 0.667 bits per heavy atom. The minimum Gasteiger partial charge on any atom is -0.378 e. The van der Waals surface area contributed by atoms with Crippen molar-refractivity contribution < 1.29 is 5.11 Å². The molecular formula is C24H29N2O+. The Kier molecular flexibility index (Phi) is 5.09. The topological polar surface area (TPSA) is 23.5 Å². The van der Waals surface area contributed by atoms with Crippen LogP contribution in [0.5, 0.6) is 0 Å². The summed E-state index contributed by atoms with van der Waals surface area (Å²) in [7, 11) is 10.4. The molecule has 1 atom stereocenters. The van der Waals surface area contributed by atoms with Gasteiger partial charge in [-0.1, -0.05) is 42.5 Å². The summed E-state index contributed by atoms with van der Waals surface area (Å²) in [6, 6.07) is 26.2. The largest absolute Gasteiger partial charge is 0.378 e. The number of aliphatic hydroxyl groups is 1. The smallest absolute Gasteiger partial charge is 0.140 e. The highest BCUT2D eigenvalue weighted by Gasteiger charge is 2.34. The Bertz CT molecular complexity index is 878. The predicted molar refractivity (Wildman–Crippen MR) is 115 cm³/mol. The van der Waals surface area contributed by atoms with E-state index in [1.54, 1.807) is 0 Å². The summed E-state index contributed by atoms with van der Waals surface area (Å²) in [6.45, 7) is 0. The number of hydrogen-bond acceptors (Lipinski definition) is 2. The maximum absolute atomic E-state index is 11.9. The molecule has 1 N–H and O–H groups in total. The SMILES string of the molecule is CN(C)c1ccc(C(O)(c2ccccc2)c2ccc([N+](C)(C)C)cc2)cc1. The first-order valence-corrected chi connectivity index (χ1v) is 9.21. The third-order valence-electron chi connectivity index (χ3n) is 5.05. The van der Waals surface area contributed by atoms with Crippen molar-refractivity contribution in [2.75, 3.05) is 40.1 Å². The van der Waals surface area contributed by atoms with E-state index in [0.717, 1.165) is 26.9 Å². The van der Waals surface area contributed by atoms with Crippen LogP contribution in [-0.2, 0) is 5.60 Å². The van der Waals surface area contributed by atoms with Crippen molar-refractivity contribution in [3.05, 3.63) is 95.6 Å². The van der Waals surface area contributed by atoms with Gasteiger partial charge in [0.2, 0.25) is 0 Å². The lowest BCUT2D eigenvalue weighted by Gasteiger charge is -2.31. The molecule has 3 nitrogen and oxygen atoms in total. The van der Waals surface area contributed by atoms with Gasteiger partial charge in [0.15, 0.2) is 0 Å². The summed E-state index contributed by atoms with van der Waals surface area (Å²) in [5.74, 6) is 0. The first-order chi connectivity index (χ1) is 12.7. The number of rotatable bonds is 5. The molecule has 0 saturated heterocycles. The van der Waals surface area contributed by atoms with Gasteiger partial charge in [0.05, 0.1) is 21.1 Å². The van der Waals surface area contributed by atoms with E-state index in [4.69, 9.17) is 0 Å². The number of benzene rings is 3. The monoisotopic (exact) mass is 361 g/mol.